The van der Waals surface area contributed by atoms with Crippen LogP contribution in [0.5, 0.6) is 0 Å². The third-order valence-corrected chi connectivity index (χ3v) is 5.63. The van der Waals surface area contributed by atoms with Crippen molar-refractivity contribution in [3.63, 3.8) is 0 Å². The van der Waals surface area contributed by atoms with E-state index in [1.54, 1.807) is 0 Å². The monoisotopic (exact) mass is 338 g/mol. The van der Waals surface area contributed by atoms with Gasteiger partial charge in [-0.05, 0) is 30.9 Å². The Balaban J connectivity index is 2.18. The summed E-state index contributed by atoms with van der Waals surface area (Å²) in [5.74, 6) is -0.0722. The van der Waals surface area contributed by atoms with Crippen LogP contribution in [-0.2, 0) is 10.0 Å². The lowest BCUT2D eigenvalue weighted by atomic mass is 10.1. The molecule has 2 unspecified atom stereocenters. The van der Waals surface area contributed by atoms with Crippen molar-refractivity contribution < 1.29 is 13.5 Å². The Hall–Kier alpha value is -0.530. The molecular formula is C12H16Cl2N2O3S. The number of benzene rings is 1. The molecule has 1 aromatic rings. The van der Waals surface area contributed by atoms with Gasteiger partial charge in [0.15, 0.2) is 0 Å². The van der Waals surface area contributed by atoms with Crippen molar-refractivity contribution in [2.45, 2.75) is 30.3 Å². The van der Waals surface area contributed by atoms with Gasteiger partial charge in [-0.1, -0.05) is 29.6 Å². The highest BCUT2D eigenvalue weighted by Gasteiger charge is 2.28. The van der Waals surface area contributed by atoms with Gasteiger partial charge in [0, 0.05) is 11.6 Å². The highest BCUT2D eigenvalue weighted by Crippen LogP contribution is 2.31. The van der Waals surface area contributed by atoms with E-state index >= 15 is 0 Å². The van der Waals surface area contributed by atoms with Gasteiger partial charge in [0.25, 0.3) is 0 Å². The summed E-state index contributed by atoms with van der Waals surface area (Å²) in [6, 6.07) is 2.67. The molecule has 0 saturated heterocycles. The van der Waals surface area contributed by atoms with Crippen LogP contribution >= 0.6 is 23.2 Å². The van der Waals surface area contributed by atoms with Crippen molar-refractivity contribution in [3.05, 3.63) is 22.2 Å². The van der Waals surface area contributed by atoms with Gasteiger partial charge in [0.05, 0.1) is 16.8 Å². The Kier molecular flexibility index (Phi) is 4.81. The number of nitrogen functional groups attached to an aromatic ring is 1. The molecule has 0 bridgehead atoms. The Labute approximate surface area is 128 Å². The fourth-order valence-corrected chi connectivity index (χ4v) is 4.48. The highest BCUT2D eigenvalue weighted by atomic mass is 35.5. The quantitative estimate of drug-likeness (QED) is 0.732. The fourth-order valence-electron chi connectivity index (χ4n) is 2.41. The summed E-state index contributed by atoms with van der Waals surface area (Å²) in [7, 11) is -3.83. The minimum absolute atomic E-state index is 0.00182. The number of sulfonamides is 1. The first-order valence-corrected chi connectivity index (χ1v) is 8.47. The molecule has 1 aliphatic carbocycles. The molecule has 5 nitrogen and oxygen atoms in total. The number of aliphatic hydroxyl groups is 1. The summed E-state index contributed by atoms with van der Waals surface area (Å²) in [5.41, 5.74) is 5.68. The van der Waals surface area contributed by atoms with Gasteiger partial charge in [0.2, 0.25) is 10.0 Å². The molecule has 0 heterocycles. The molecule has 1 aliphatic rings. The smallest absolute Gasteiger partial charge is 0.244 e. The normalized spacial score (nSPS) is 23.1. The predicted molar refractivity (Wildman–Crippen MR) is 79.4 cm³/mol. The highest BCUT2D eigenvalue weighted by molar-refractivity contribution is 7.89. The first-order valence-electron chi connectivity index (χ1n) is 6.23. The summed E-state index contributed by atoms with van der Waals surface area (Å²) in [6.45, 7) is 0.169. The zero-order chi connectivity index (χ0) is 14.9. The van der Waals surface area contributed by atoms with Crippen LogP contribution in [0.1, 0.15) is 19.3 Å². The van der Waals surface area contributed by atoms with Crippen molar-refractivity contribution in [2.75, 3.05) is 12.3 Å². The molecule has 0 aliphatic heterocycles. The number of hydrogen-bond donors (Lipinski definition) is 3. The maximum atomic E-state index is 12.2. The Morgan fingerprint density at radius 2 is 2.05 bits per heavy atom. The second kappa shape index (κ2) is 6.07. The lowest BCUT2D eigenvalue weighted by Gasteiger charge is -2.16. The van der Waals surface area contributed by atoms with Gasteiger partial charge in [0.1, 0.15) is 4.90 Å². The minimum Gasteiger partial charge on any atom is -0.398 e. The van der Waals surface area contributed by atoms with Crippen LogP contribution in [0.2, 0.25) is 10.0 Å². The van der Waals surface area contributed by atoms with Crippen molar-refractivity contribution in [1.82, 2.24) is 4.72 Å². The van der Waals surface area contributed by atoms with E-state index in [1.807, 2.05) is 0 Å². The average molecular weight is 339 g/mol. The first-order chi connectivity index (χ1) is 9.31. The molecule has 0 aromatic heterocycles. The van der Waals surface area contributed by atoms with Crippen molar-refractivity contribution in [3.8, 4) is 0 Å². The van der Waals surface area contributed by atoms with Gasteiger partial charge >= 0.3 is 0 Å². The van der Waals surface area contributed by atoms with E-state index in [2.05, 4.69) is 4.72 Å². The van der Waals surface area contributed by atoms with Gasteiger partial charge in [-0.25, -0.2) is 13.1 Å². The third-order valence-electron chi connectivity index (χ3n) is 3.46. The van der Waals surface area contributed by atoms with Crippen LogP contribution in [0.4, 0.5) is 5.69 Å². The molecule has 0 radical (unpaired) electrons. The molecule has 4 N–H and O–H groups in total. The molecule has 1 fully saturated rings. The van der Waals surface area contributed by atoms with Gasteiger partial charge < -0.3 is 10.8 Å². The molecule has 0 amide bonds. The molecular weight excluding hydrogens is 323 g/mol. The Morgan fingerprint density at radius 1 is 1.35 bits per heavy atom. The molecule has 8 heteroatoms. The van der Waals surface area contributed by atoms with E-state index in [9.17, 15) is 13.5 Å². The number of aliphatic hydroxyl groups excluding tert-OH is 1. The average Bonchev–Trinajstić information content (AvgIpc) is 2.70. The van der Waals surface area contributed by atoms with E-state index < -0.39 is 16.1 Å². The van der Waals surface area contributed by atoms with Crippen molar-refractivity contribution >= 4 is 38.9 Å². The fraction of sp³-hybridized carbons (Fsp3) is 0.500. The topological polar surface area (TPSA) is 92.4 Å². The van der Waals surface area contributed by atoms with Crippen LogP contribution in [0, 0.1) is 5.92 Å². The summed E-state index contributed by atoms with van der Waals surface area (Å²) in [5, 5.41) is 9.96. The van der Waals surface area contributed by atoms with Gasteiger partial charge in [-0.2, -0.15) is 0 Å². The lowest BCUT2D eigenvalue weighted by Crippen LogP contribution is -2.33. The third kappa shape index (κ3) is 3.38. The van der Waals surface area contributed by atoms with Crippen LogP contribution in [-0.4, -0.2) is 26.2 Å². The summed E-state index contributed by atoms with van der Waals surface area (Å²) in [6.07, 6.45) is 1.94. The zero-order valence-electron chi connectivity index (χ0n) is 10.6. The van der Waals surface area contributed by atoms with Crippen LogP contribution in [0.15, 0.2) is 17.0 Å². The number of hydrogen-bond acceptors (Lipinski definition) is 4. The van der Waals surface area contributed by atoms with E-state index in [4.69, 9.17) is 28.9 Å². The maximum Gasteiger partial charge on any atom is 0.244 e. The first kappa shape index (κ1) is 15.9. The number of anilines is 1. The summed E-state index contributed by atoms with van der Waals surface area (Å²) >= 11 is 11.7. The second-order valence-corrected chi connectivity index (χ2v) is 7.46. The van der Waals surface area contributed by atoms with Crippen LogP contribution in [0.3, 0.4) is 0 Å². The molecule has 1 saturated carbocycles. The number of halogens is 2. The van der Waals surface area contributed by atoms with E-state index in [-0.39, 0.29) is 33.1 Å². The van der Waals surface area contributed by atoms with Gasteiger partial charge in [-0.15, -0.1) is 0 Å². The number of nitrogens with two attached hydrogens (primary N) is 1. The predicted octanol–water partition coefficient (Wildman–Crippen LogP) is 2.01. The summed E-state index contributed by atoms with van der Waals surface area (Å²) < 4.78 is 26.9. The van der Waals surface area contributed by atoms with Crippen molar-refractivity contribution in [2.24, 2.45) is 5.92 Å². The lowest BCUT2D eigenvalue weighted by molar-refractivity contribution is 0.134. The van der Waals surface area contributed by atoms with E-state index in [0.29, 0.717) is 6.42 Å². The molecule has 2 rings (SSSR count). The Bertz CT molecular complexity index is 584. The maximum absolute atomic E-state index is 12.2. The van der Waals surface area contributed by atoms with Gasteiger partial charge in [-0.3, -0.25) is 0 Å². The largest absolute Gasteiger partial charge is 0.398 e. The molecule has 20 heavy (non-hydrogen) atoms. The standard InChI is InChI=1S/C12H16Cl2N2O3S/c13-8-4-9(14)12(10(15)5-8)20(18,19)16-6-7-2-1-3-11(7)17/h4-5,7,11,16-17H,1-3,6,15H2. The molecule has 1 aromatic carbocycles. The molecule has 112 valence electrons. The minimum atomic E-state index is -3.83. The van der Waals surface area contributed by atoms with Crippen LogP contribution in [0.25, 0.3) is 0 Å². The van der Waals surface area contributed by atoms with Crippen LogP contribution < -0.4 is 10.5 Å². The number of rotatable bonds is 4. The Morgan fingerprint density at radius 3 is 2.60 bits per heavy atom. The van der Waals surface area contributed by atoms with E-state index in [1.165, 1.54) is 12.1 Å². The SMILES string of the molecule is Nc1cc(Cl)cc(Cl)c1S(=O)(=O)NCC1CCCC1O. The zero-order valence-corrected chi connectivity index (χ0v) is 13.0. The molecule has 2 atom stereocenters. The van der Waals surface area contributed by atoms with E-state index in [0.717, 1.165) is 12.8 Å². The number of nitrogens with one attached hydrogen (secondary N) is 1. The summed E-state index contributed by atoms with van der Waals surface area (Å²) in [4.78, 5) is -0.170. The second-order valence-electron chi connectivity index (χ2n) is 4.92. The molecule has 0 spiro atoms. The van der Waals surface area contributed by atoms with Crippen molar-refractivity contribution in [1.29, 1.82) is 0 Å².